The highest BCUT2D eigenvalue weighted by molar-refractivity contribution is 6.00. The van der Waals surface area contributed by atoms with Crippen molar-refractivity contribution in [3.05, 3.63) is 64.2 Å². The number of ether oxygens (including phenoxy) is 1. The maximum absolute atomic E-state index is 12.4. The van der Waals surface area contributed by atoms with Crippen molar-refractivity contribution in [1.82, 2.24) is 0 Å². The lowest BCUT2D eigenvalue weighted by Gasteiger charge is -2.09. The topological polar surface area (TPSA) is 92.7 Å². The van der Waals surface area contributed by atoms with Crippen LogP contribution in [-0.2, 0) is 29.0 Å². The maximum Gasteiger partial charge on any atom is 0.335 e. The second kappa shape index (κ2) is 8.80. The number of methoxy groups -OCH3 is 1. The Kier molecular flexibility index (Phi) is 6.21. The summed E-state index contributed by atoms with van der Waals surface area (Å²) in [6.45, 7) is 0.237. The summed E-state index contributed by atoms with van der Waals surface area (Å²) < 4.78 is 5.03. The molecule has 0 aromatic heterocycles. The molecule has 0 saturated carbocycles. The van der Waals surface area contributed by atoms with Crippen molar-refractivity contribution in [3.8, 4) is 0 Å². The van der Waals surface area contributed by atoms with E-state index >= 15 is 0 Å². The Labute approximate surface area is 163 Å². The zero-order chi connectivity index (χ0) is 20.1. The first-order chi connectivity index (χ1) is 13.5. The molecule has 2 N–H and O–H groups in total. The molecule has 0 atom stereocenters. The fraction of sp³-hybridized carbons (Fsp3) is 0.318. The molecule has 2 aromatic rings. The molecule has 6 heteroatoms. The number of hydrogen-bond donors (Lipinski definition) is 2. The number of fused-ring (bicyclic) bond motifs is 1. The lowest BCUT2D eigenvalue weighted by atomic mass is 10.0. The van der Waals surface area contributed by atoms with Gasteiger partial charge in [-0.25, -0.2) is 4.79 Å². The van der Waals surface area contributed by atoms with Crippen LogP contribution in [0.3, 0.4) is 0 Å². The van der Waals surface area contributed by atoms with Crippen LogP contribution in [0.1, 0.15) is 56.7 Å². The molecule has 2 aromatic carbocycles. The molecule has 0 radical (unpaired) electrons. The predicted molar refractivity (Wildman–Crippen MR) is 105 cm³/mol. The van der Waals surface area contributed by atoms with Crippen LogP contribution in [0, 0.1) is 0 Å². The molecule has 6 nitrogen and oxygen atoms in total. The number of carboxylic acid groups (broad SMARTS) is 1. The van der Waals surface area contributed by atoms with Gasteiger partial charge in [0.2, 0.25) is 5.91 Å². The Morgan fingerprint density at radius 1 is 1.00 bits per heavy atom. The number of amides is 1. The van der Waals surface area contributed by atoms with E-state index in [1.807, 2.05) is 18.2 Å². The summed E-state index contributed by atoms with van der Waals surface area (Å²) in [6.07, 6.45) is 3.32. The monoisotopic (exact) mass is 381 g/mol. The number of aromatic carboxylic acids is 1. The third kappa shape index (κ3) is 4.84. The van der Waals surface area contributed by atoms with Gasteiger partial charge in [0.05, 0.1) is 12.2 Å². The second-order valence-corrected chi connectivity index (χ2v) is 6.97. The van der Waals surface area contributed by atoms with Crippen LogP contribution in [0.2, 0.25) is 0 Å². The molecule has 0 bridgehead atoms. The fourth-order valence-electron chi connectivity index (χ4n) is 3.48. The van der Waals surface area contributed by atoms with Gasteiger partial charge in [0, 0.05) is 31.2 Å². The Morgan fingerprint density at radius 2 is 1.79 bits per heavy atom. The van der Waals surface area contributed by atoms with Crippen LogP contribution in [0.15, 0.2) is 36.4 Å². The maximum atomic E-state index is 12.4. The minimum atomic E-state index is -1.08. The zero-order valence-electron chi connectivity index (χ0n) is 15.8. The van der Waals surface area contributed by atoms with Crippen molar-refractivity contribution < 1.29 is 24.2 Å². The van der Waals surface area contributed by atoms with E-state index in [-0.39, 0.29) is 36.7 Å². The number of Topliss-reactive ketones (excluding diaryl/α,β-unsaturated/α-hetero) is 1. The van der Waals surface area contributed by atoms with Crippen LogP contribution in [0.4, 0.5) is 5.69 Å². The van der Waals surface area contributed by atoms with Gasteiger partial charge in [0.1, 0.15) is 0 Å². The number of carbonyl (C=O) groups is 3. The fourth-order valence-corrected chi connectivity index (χ4v) is 3.48. The predicted octanol–water partition coefficient (Wildman–Crippen LogP) is 3.62. The number of nitrogens with one attached hydrogen (secondary N) is 1. The Hall–Kier alpha value is -2.99. The summed E-state index contributed by atoms with van der Waals surface area (Å²) in [4.78, 5) is 35.9. The van der Waals surface area contributed by atoms with E-state index in [1.54, 1.807) is 6.07 Å². The van der Waals surface area contributed by atoms with Crippen LogP contribution in [-0.4, -0.2) is 29.9 Å². The third-order valence-electron chi connectivity index (χ3n) is 4.83. The van der Waals surface area contributed by atoms with Crippen LogP contribution >= 0.6 is 0 Å². The van der Waals surface area contributed by atoms with E-state index in [1.165, 1.54) is 30.4 Å². The molecular formula is C22H23NO5. The SMILES string of the molecule is COCc1cc(NC(=O)CCC(=O)c2ccc3c(c2)CCC3)cc(C(=O)O)c1. The van der Waals surface area contributed by atoms with Crippen molar-refractivity contribution in [1.29, 1.82) is 0 Å². The van der Waals surface area contributed by atoms with Gasteiger partial charge in [0.25, 0.3) is 0 Å². The zero-order valence-corrected chi connectivity index (χ0v) is 15.8. The molecule has 0 aliphatic heterocycles. The van der Waals surface area contributed by atoms with E-state index in [0.717, 1.165) is 19.3 Å². The quantitative estimate of drug-likeness (QED) is 0.681. The summed E-state index contributed by atoms with van der Waals surface area (Å²) in [6, 6.07) is 10.3. The molecule has 0 fully saturated rings. The number of aryl methyl sites for hydroxylation is 2. The van der Waals surface area contributed by atoms with Crippen LogP contribution < -0.4 is 5.32 Å². The normalized spacial score (nSPS) is 12.5. The van der Waals surface area contributed by atoms with E-state index in [2.05, 4.69) is 5.32 Å². The number of rotatable bonds is 8. The summed E-state index contributed by atoms with van der Waals surface area (Å²) in [7, 11) is 1.51. The Bertz CT molecular complexity index is 919. The van der Waals surface area contributed by atoms with Crippen molar-refractivity contribution >= 4 is 23.3 Å². The van der Waals surface area contributed by atoms with Crippen molar-refractivity contribution in [2.45, 2.75) is 38.7 Å². The number of benzene rings is 2. The smallest absolute Gasteiger partial charge is 0.335 e. The van der Waals surface area contributed by atoms with Gasteiger partial charge in [-0.2, -0.15) is 0 Å². The Balaban J connectivity index is 1.61. The van der Waals surface area contributed by atoms with Crippen molar-refractivity contribution in [3.63, 3.8) is 0 Å². The minimum Gasteiger partial charge on any atom is -0.478 e. The summed E-state index contributed by atoms with van der Waals surface area (Å²) >= 11 is 0. The van der Waals surface area contributed by atoms with E-state index in [9.17, 15) is 19.5 Å². The van der Waals surface area contributed by atoms with Gasteiger partial charge < -0.3 is 15.2 Å². The van der Waals surface area contributed by atoms with Crippen molar-refractivity contribution in [2.75, 3.05) is 12.4 Å². The lowest BCUT2D eigenvalue weighted by Crippen LogP contribution is -2.14. The summed E-state index contributed by atoms with van der Waals surface area (Å²) in [5.41, 5.74) is 4.27. The van der Waals surface area contributed by atoms with Gasteiger partial charge >= 0.3 is 5.97 Å². The van der Waals surface area contributed by atoms with Crippen LogP contribution in [0.25, 0.3) is 0 Å². The number of hydrogen-bond acceptors (Lipinski definition) is 4. The molecule has 1 aliphatic rings. The standard InChI is InChI=1S/C22H23NO5/c1-28-13-14-9-18(22(26)27)12-19(10-14)23-21(25)8-7-20(24)17-6-5-15-3-2-4-16(15)11-17/h5-6,9-12H,2-4,7-8,13H2,1H3,(H,23,25)(H,26,27). The largest absolute Gasteiger partial charge is 0.478 e. The van der Waals surface area contributed by atoms with Gasteiger partial charge in [0.15, 0.2) is 5.78 Å². The average Bonchev–Trinajstić information content (AvgIpc) is 3.14. The molecule has 28 heavy (non-hydrogen) atoms. The van der Waals surface area contributed by atoms with Gasteiger partial charge in [-0.05, 0) is 60.2 Å². The molecule has 1 amide bonds. The third-order valence-corrected chi connectivity index (χ3v) is 4.83. The highest BCUT2D eigenvalue weighted by Crippen LogP contribution is 2.23. The van der Waals surface area contributed by atoms with Crippen molar-refractivity contribution in [2.24, 2.45) is 0 Å². The van der Waals surface area contributed by atoms with E-state index in [4.69, 9.17) is 4.74 Å². The number of carbonyl (C=O) groups excluding carboxylic acids is 2. The molecule has 0 saturated heterocycles. The number of carboxylic acids is 1. The number of ketones is 1. The second-order valence-electron chi connectivity index (χ2n) is 6.97. The first-order valence-corrected chi connectivity index (χ1v) is 9.27. The molecule has 0 unspecified atom stereocenters. The average molecular weight is 381 g/mol. The van der Waals surface area contributed by atoms with Gasteiger partial charge in [-0.3, -0.25) is 9.59 Å². The molecule has 146 valence electrons. The molecule has 3 rings (SSSR count). The van der Waals surface area contributed by atoms with E-state index in [0.29, 0.717) is 16.8 Å². The highest BCUT2D eigenvalue weighted by atomic mass is 16.5. The highest BCUT2D eigenvalue weighted by Gasteiger charge is 2.15. The molecular weight excluding hydrogens is 358 g/mol. The van der Waals surface area contributed by atoms with Gasteiger partial charge in [-0.1, -0.05) is 12.1 Å². The number of anilines is 1. The Morgan fingerprint density at radius 3 is 2.54 bits per heavy atom. The molecule has 0 heterocycles. The lowest BCUT2D eigenvalue weighted by molar-refractivity contribution is -0.116. The summed E-state index contributed by atoms with van der Waals surface area (Å²) in [5, 5.41) is 11.9. The molecule has 0 spiro atoms. The van der Waals surface area contributed by atoms with Gasteiger partial charge in [-0.15, -0.1) is 0 Å². The summed E-state index contributed by atoms with van der Waals surface area (Å²) in [5.74, 6) is -1.48. The molecule has 1 aliphatic carbocycles. The first-order valence-electron chi connectivity index (χ1n) is 9.27. The van der Waals surface area contributed by atoms with Crippen LogP contribution in [0.5, 0.6) is 0 Å². The van der Waals surface area contributed by atoms with E-state index < -0.39 is 5.97 Å². The first kappa shape index (κ1) is 19.8. The minimum absolute atomic E-state index is 0.0346.